The zero-order valence-corrected chi connectivity index (χ0v) is 7.51. The highest BCUT2D eigenvalue weighted by atomic mass is 15.2. The minimum absolute atomic E-state index is 0.545. The standard InChI is InChI=1S/C8H19N3/c1-7(2)11-4-3-10-6-8(11)5-9/h7-8,10H,3-6,9H2,1-2H3. The first-order valence-electron chi connectivity index (χ1n) is 4.42. The van der Waals surface area contributed by atoms with Gasteiger partial charge in [0.15, 0.2) is 0 Å². The predicted molar refractivity (Wildman–Crippen MR) is 47.6 cm³/mol. The lowest BCUT2D eigenvalue weighted by molar-refractivity contribution is 0.128. The van der Waals surface area contributed by atoms with E-state index in [2.05, 4.69) is 24.1 Å². The number of piperazine rings is 1. The third kappa shape index (κ3) is 2.15. The number of hydrogen-bond donors (Lipinski definition) is 2. The van der Waals surface area contributed by atoms with E-state index in [1.54, 1.807) is 0 Å². The molecule has 3 N–H and O–H groups in total. The second-order valence-corrected chi connectivity index (χ2v) is 3.43. The molecule has 1 saturated heterocycles. The van der Waals surface area contributed by atoms with Crippen LogP contribution in [-0.2, 0) is 0 Å². The van der Waals surface area contributed by atoms with Crippen LogP contribution >= 0.6 is 0 Å². The van der Waals surface area contributed by atoms with Crippen molar-refractivity contribution in [2.45, 2.75) is 25.9 Å². The molecule has 1 fully saturated rings. The fourth-order valence-corrected chi connectivity index (χ4v) is 1.68. The molecule has 0 aromatic carbocycles. The molecule has 0 amide bonds. The number of rotatable bonds is 2. The first kappa shape index (κ1) is 8.97. The van der Waals surface area contributed by atoms with Crippen LogP contribution in [0.3, 0.4) is 0 Å². The van der Waals surface area contributed by atoms with Crippen LogP contribution in [0.5, 0.6) is 0 Å². The average Bonchev–Trinajstić information content (AvgIpc) is 2.04. The van der Waals surface area contributed by atoms with Gasteiger partial charge < -0.3 is 11.1 Å². The Balaban J connectivity index is 2.44. The quantitative estimate of drug-likeness (QED) is 0.574. The van der Waals surface area contributed by atoms with E-state index in [-0.39, 0.29) is 0 Å². The summed E-state index contributed by atoms with van der Waals surface area (Å²) in [6, 6.07) is 1.18. The van der Waals surface area contributed by atoms with E-state index < -0.39 is 0 Å². The molecule has 0 aliphatic carbocycles. The Hall–Kier alpha value is -0.120. The van der Waals surface area contributed by atoms with Crippen molar-refractivity contribution in [1.82, 2.24) is 10.2 Å². The molecule has 1 unspecified atom stereocenters. The van der Waals surface area contributed by atoms with Gasteiger partial charge in [0, 0.05) is 38.3 Å². The van der Waals surface area contributed by atoms with E-state index in [9.17, 15) is 0 Å². The SMILES string of the molecule is CC(C)N1CCNCC1CN. The van der Waals surface area contributed by atoms with Crippen LogP contribution in [-0.4, -0.2) is 43.2 Å². The third-order valence-corrected chi connectivity index (χ3v) is 2.33. The predicted octanol–water partition coefficient (Wildman–Crippen LogP) is -0.373. The van der Waals surface area contributed by atoms with E-state index in [0.717, 1.165) is 26.2 Å². The van der Waals surface area contributed by atoms with Crippen molar-refractivity contribution in [3.8, 4) is 0 Å². The molecular formula is C8H19N3. The Kier molecular flexibility index (Phi) is 3.30. The number of nitrogens with two attached hydrogens (primary N) is 1. The largest absolute Gasteiger partial charge is 0.329 e. The average molecular weight is 157 g/mol. The molecule has 0 radical (unpaired) electrons. The first-order chi connectivity index (χ1) is 5.25. The smallest absolute Gasteiger partial charge is 0.0346 e. The molecule has 0 aromatic heterocycles. The topological polar surface area (TPSA) is 41.3 Å². The molecular weight excluding hydrogens is 138 g/mol. The molecule has 1 atom stereocenters. The van der Waals surface area contributed by atoms with Crippen LogP contribution in [0.15, 0.2) is 0 Å². The second kappa shape index (κ2) is 4.04. The highest BCUT2D eigenvalue weighted by Gasteiger charge is 2.22. The van der Waals surface area contributed by atoms with Gasteiger partial charge >= 0.3 is 0 Å². The van der Waals surface area contributed by atoms with Crippen LogP contribution in [0.25, 0.3) is 0 Å². The minimum Gasteiger partial charge on any atom is -0.329 e. The summed E-state index contributed by atoms with van der Waals surface area (Å²) in [5.41, 5.74) is 5.65. The fraction of sp³-hybridized carbons (Fsp3) is 1.00. The molecule has 0 saturated carbocycles. The van der Waals surface area contributed by atoms with Crippen molar-refractivity contribution < 1.29 is 0 Å². The summed E-state index contributed by atoms with van der Waals surface area (Å²) in [4.78, 5) is 2.47. The van der Waals surface area contributed by atoms with Gasteiger partial charge in [-0.05, 0) is 13.8 Å². The number of nitrogens with zero attached hydrogens (tertiary/aromatic N) is 1. The molecule has 3 heteroatoms. The summed E-state index contributed by atoms with van der Waals surface area (Å²) < 4.78 is 0. The van der Waals surface area contributed by atoms with E-state index in [4.69, 9.17) is 5.73 Å². The Bertz CT molecular complexity index is 114. The fourth-order valence-electron chi connectivity index (χ4n) is 1.68. The Labute approximate surface area is 68.9 Å². The monoisotopic (exact) mass is 157 g/mol. The number of hydrogen-bond acceptors (Lipinski definition) is 3. The summed E-state index contributed by atoms with van der Waals surface area (Å²) in [6.45, 7) is 8.52. The normalized spacial score (nSPS) is 27.8. The molecule has 1 heterocycles. The van der Waals surface area contributed by atoms with E-state index in [1.165, 1.54) is 0 Å². The van der Waals surface area contributed by atoms with Crippen LogP contribution in [0.1, 0.15) is 13.8 Å². The maximum atomic E-state index is 5.65. The highest BCUT2D eigenvalue weighted by Crippen LogP contribution is 2.06. The summed E-state index contributed by atoms with van der Waals surface area (Å²) in [7, 11) is 0. The maximum Gasteiger partial charge on any atom is 0.0346 e. The van der Waals surface area contributed by atoms with Crippen molar-refractivity contribution in [1.29, 1.82) is 0 Å². The Morgan fingerprint density at radius 3 is 2.82 bits per heavy atom. The van der Waals surface area contributed by atoms with Gasteiger partial charge in [-0.1, -0.05) is 0 Å². The van der Waals surface area contributed by atoms with Gasteiger partial charge in [0.1, 0.15) is 0 Å². The zero-order chi connectivity index (χ0) is 8.27. The Morgan fingerprint density at radius 2 is 2.36 bits per heavy atom. The van der Waals surface area contributed by atoms with Crippen molar-refractivity contribution in [3.05, 3.63) is 0 Å². The second-order valence-electron chi connectivity index (χ2n) is 3.43. The van der Waals surface area contributed by atoms with E-state index >= 15 is 0 Å². The summed E-state index contributed by atoms with van der Waals surface area (Å²) in [6.07, 6.45) is 0. The van der Waals surface area contributed by atoms with Gasteiger partial charge in [0.2, 0.25) is 0 Å². The van der Waals surface area contributed by atoms with E-state index in [0.29, 0.717) is 12.1 Å². The van der Waals surface area contributed by atoms with Gasteiger partial charge in [0.25, 0.3) is 0 Å². The van der Waals surface area contributed by atoms with Crippen LogP contribution in [0.2, 0.25) is 0 Å². The van der Waals surface area contributed by atoms with Gasteiger partial charge in [-0.3, -0.25) is 4.90 Å². The van der Waals surface area contributed by atoms with Gasteiger partial charge in [0.05, 0.1) is 0 Å². The van der Waals surface area contributed by atoms with Gasteiger partial charge in [-0.15, -0.1) is 0 Å². The lowest BCUT2D eigenvalue weighted by Gasteiger charge is -2.38. The minimum atomic E-state index is 0.545. The van der Waals surface area contributed by atoms with Gasteiger partial charge in [-0.2, -0.15) is 0 Å². The molecule has 0 bridgehead atoms. The van der Waals surface area contributed by atoms with Crippen molar-refractivity contribution in [2.75, 3.05) is 26.2 Å². The molecule has 1 rings (SSSR count). The molecule has 0 aromatic rings. The van der Waals surface area contributed by atoms with Crippen LogP contribution < -0.4 is 11.1 Å². The maximum absolute atomic E-state index is 5.65. The molecule has 1 aliphatic rings. The lowest BCUT2D eigenvalue weighted by Crippen LogP contribution is -2.56. The summed E-state index contributed by atoms with van der Waals surface area (Å²) in [5.74, 6) is 0. The van der Waals surface area contributed by atoms with Crippen molar-refractivity contribution in [2.24, 2.45) is 5.73 Å². The van der Waals surface area contributed by atoms with Crippen LogP contribution in [0, 0.1) is 0 Å². The first-order valence-corrected chi connectivity index (χ1v) is 4.42. The molecule has 11 heavy (non-hydrogen) atoms. The van der Waals surface area contributed by atoms with Crippen LogP contribution in [0.4, 0.5) is 0 Å². The molecule has 0 spiro atoms. The molecule has 1 aliphatic heterocycles. The third-order valence-electron chi connectivity index (χ3n) is 2.33. The highest BCUT2D eigenvalue weighted by molar-refractivity contribution is 4.82. The Morgan fingerprint density at radius 1 is 1.64 bits per heavy atom. The van der Waals surface area contributed by atoms with Gasteiger partial charge in [-0.25, -0.2) is 0 Å². The lowest BCUT2D eigenvalue weighted by atomic mass is 10.1. The summed E-state index contributed by atoms with van der Waals surface area (Å²) >= 11 is 0. The zero-order valence-electron chi connectivity index (χ0n) is 7.51. The summed E-state index contributed by atoms with van der Waals surface area (Å²) in [5, 5.41) is 3.35. The van der Waals surface area contributed by atoms with Crippen molar-refractivity contribution >= 4 is 0 Å². The van der Waals surface area contributed by atoms with Crippen molar-refractivity contribution in [3.63, 3.8) is 0 Å². The van der Waals surface area contributed by atoms with E-state index in [1.807, 2.05) is 0 Å². The molecule has 3 nitrogen and oxygen atoms in total. The number of nitrogens with one attached hydrogen (secondary N) is 1. The molecule has 66 valence electrons.